The maximum Gasteiger partial charge on any atom is 0.220 e. The van der Waals surface area contributed by atoms with Gasteiger partial charge in [-0.15, -0.1) is 0 Å². The molecule has 0 bridgehead atoms. The first-order valence-corrected chi connectivity index (χ1v) is 7.66. The zero-order valence-corrected chi connectivity index (χ0v) is 12.4. The van der Waals surface area contributed by atoms with E-state index in [-0.39, 0.29) is 12.0 Å². The van der Waals surface area contributed by atoms with Crippen molar-refractivity contribution in [2.24, 2.45) is 23.5 Å². The van der Waals surface area contributed by atoms with Gasteiger partial charge >= 0.3 is 0 Å². The molecule has 0 unspecified atom stereocenters. The van der Waals surface area contributed by atoms with Crippen LogP contribution in [0.1, 0.15) is 52.4 Å². The summed E-state index contributed by atoms with van der Waals surface area (Å²) in [6.45, 7) is 5.66. The molecule has 0 saturated heterocycles. The number of carbonyl (C=O) groups excluding carboxylic acids is 1. The summed E-state index contributed by atoms with van der Waals surface area (Å²) in [7, 11) is 0. The molecule has 0 aromatic heterocycles. The average Bonchev–Trinajstić information content (AvgIpc) is 2.36. The Labute approximate surface area is 117 Å². The second-order valence-corrected chi connectivity index (χ2v) is 6.41. The van der Waals surface area contributed by atoms with Gasteiger partial charge in [-0.05, 0) is 56.4 Å². The Morgan fingerprint density at radius 3 is 2.47 bits per heavy atom. The van der Waals surface area contributed by atoms with Gasteiger partial charge in [0.2, 0.25) is 5.91 Å². The van der Waals surface area contributed by atoms with Crippen molar-refractivity contribution in [3.05, 3.63) is 0 Å². The predicted molar refractivity (Wildman–Crippen MR) is 77.6 cm³/mol. The Morgan fingerprint density at radius 2 is 1.95 bits per heavy atom. The molecule has 0 heterocycles. The molecule has 0 radical (unpaired) electrons. The van der Waals surface area contributed by atoms with Crippen molar-refractivity contribution in [1.29, 1.82) is 0 Å². The molecular weight excluding hydrogens is 240 g/mol. The normalized spacial score (nSPS) is 25.3. The lowest BCUT2D eigenvalue weighted by Crippen LogP contribution is -2.34. The van der Waals surface area contributed by atoms with Crippen LogP contribution < -0.4 is 11.1 Å². The van der Waals surface area contributed by atoms with Gasteiger partial charge in [0.1, 0.15) is 0 Å². The number of carbonyl (C=O) groups is 1. The van der Waals surface area contributed by atoms with Crippen molar-refractivity contribution < 1.29 is 9.90 Å². The lowest BCUT2D eigenvalue weighted by molar-refractivity contribution is -0.122. The number of aliphatic hydroxyl groups is 1. The monoisotopic (exact) mass is 270 g/mol. The van der Waals surface area contributed by atoms with Gasteiger partial charge in [-0.2, -0.15) is 0 Å². The van der Waals surface area contributed by atoms with Gasteiger partial charge in [0.25, 0.3) is 0 Å². The van der Waals surface area contributed by atoms with Crippen LogP contribution in [0.5, 0.6) is 0 Å². The van der Waals surface area contributed by atoms with Crippen LogP contribution in [0.25, 0.3) is 0 Å². The molecule has 4 heteroatoms. The zero-order valence-electron chi connectivity index (χ0n) is 12.4. The first-order valence-electron chi connectivity index (χ1n) is 7.66. The van der Waals surface area contributed by atoms with E-state index < -0.39 is 0 Å². The quantitative estimate of drug-likeness (QED) is 0.658. The van der Waals surface area contributed by atoms with Crippen molar-refractivity contribution in [1.82, 2.24) is 5.32 Å². The molecule has 1 aliphatic carbocycles. The molecule has 1 amide bonds. The van der Waals surface area contributed by atoms with E-state index in [9.17, 15) is 9.90 Å². The summed E-state index contributed by atoms with van der Waals surface area (Å²) in [6, 6.07) is 0. The van der Waals surface area contributed by atoms with Gasteiger partial charge in [0, 0.05) is 13.0 Å². The second-order valence-electron chi connectivity index (χ2n) is 6.41. The van der Waals surface area contributed by atoms with Crippen LogP contribution in [0.3, 0.4) is 0 Å². The summed E-state index contributed by atoms with van der Waals surface area (Å²) in [5, 5.41) is 12.5. The van der Waals surface area contributed by atoms with Gasteiger partial charge in [-0.1, -0.05) is 13.8 Å². The third-order valence-corrected chi connectivity index (χ3v) is 4.02. The predicted octanol–water partition coefficient (Wildman–Crippen LogP) is 1.66. The number of hydrogen-bond acceptors (Lipinski definition) is 3. The van der Waals surface area contributed by atoms with E-state index in [1.165, 1.54) is 0 Å². The van der Waals surface area contributed by atoms with Gasteiger partial charge in [-0.25, -0.2) is 0 Å². The third kappa shape index (κ3) is 6.92. The molecular formula is C15H30N2O2. The molecule has 19 heavy (non-hydrogen) atoms. The largest absolute Gasteiger partial charge is 0.393 e. The van der Waals surface area contributed by atoms with E-state index in [1.54, 1.807) is 0 Å². The van der Waals surface area contributed by atoms with Crippen molar-refractivity contribution >= 4 is 5.91 Å². The van der Waals surface area contributed by atoms with E-state index in [1.807, 2.05) is 0 Å². The van der Waals surface area contributed by atoms with Crippen LogP contribution >= 0.6 is 0 Å². The summed E-state index contributed by atoms with van der Waals surface area (Å²) < 4.78 is 0. The van der Waals surface area contributed by atoms with Crippen molar-refractivity contribution in [3.63, 3.8) is 0 Å². The fourth-order valence-electron chi connectivity index (χ4n) is 2.87. The van der Waals surface area contributed by atoms with E-state index in [2.05, 4.69) is 19.2 Å². The molecule has 1 fully saturated rings. The van der Waals surface area contributed by atoms with Crippen LogP contribution in [0.2, 0.25) is 0 Å². The summed E-state index contributed by atoms with van der Waals surface area (Å²) in [5.74, 6) is 1.55. The Morgan fingerprint density at radius 1 is 1.32 bits per heavy atom. The topological polar surface area (TPSA) is 75.4 Å². The van der Waals surface area contributed by atoms with Gasteiger partial charge < -0.3 is 16.2 Å². The van der Waals surface area contributed by atoms with Crippen molar-refractivity contribution in [2.45, 2.75) is 58.5 Å². The summed E-state index contributed by atoms with van der Waals surface area (Å²) >= 11 is 0. The molecule has 0 aliphatic heterocycles. The SMILES string of the molecule is CC(C)C[C@H](CN)CC(=O)NCC1CCC(O)CC1. The smallest absolute Gasteiger partial charge is 0.220 e. The molecule has 4 nitrogen and oxygen atoms in total. The van der Waals surface area contributed by atoms with E-state index in [4.69, 9.17) is 5.73 Å². The third-order valence-electron chi connectivity index (χ3n) is 4.02. The summed E-state index contributed by atoms with van der Waals surface area (Å²) in [5.41, 5.74) is 5.72. The van der Waals surface area contributed by atoms with Crippen molar-refractivity contribution in [2.75, 3.05) is 13.1 Å². The minimum Gasteiger partial charge on any atom is -0.393 e. The molecule has 1 atom stereocenters. The van der Waals surface area contributed by atoms with E-state index in [0.717, 1.165) is 38.6 Å². The molecule has 4 N–H and O–H groups in total. The highest BCUT2D eigenvalue weighted by molar-refractivity contribution is 5.76. The number of nitrogens with one attached hydrogen (secondary N) is 1. The van der Waals surface area contributed by atoms with Crippen LogP contribution in [-0.4, -0.2) is 30.2 Å². The Hall–Kier alpha value is -0.610. The number of nitrogens with two attached hydrogens (primary N) is 1. The second kappa shape index (κ2) is 8.54. The molecule has 1 saturated carbocycles. The van der Waals surface area contributed by atoms with Gasteiger partial charge in [-0.3, -0.25) is 4.79 Å². The van der Waals surface area contributed by atoms with Gasteiger partial charge in [0.15, 0.2) is 0 Å². The number of aliphatic hydroxyl groups excluding tert-OH is 1. The zero-order chi connectivity index (χ0) is 14.3. The number of hydrogen-bond donors (Lipinski definition) is 3. The lowest BCUT2D eigenvalue weighted by Gasteiger charge is -2.25. The highest BCUT2D eigenvalue weighted by atomic mass is 16.3. The molecule has 112 valence electrons. The Bertz CT molecular complexity index is 261. The maximum atomic E-state index is 11.9. The molecule has 0 aromatic carbocycles. The first kappa shape index (κ1) is 16.4. The summed E-state index contributed by atoms with van der Waals surface area (Å²) in [4.78, 5) is 11.9. The fourth-order valence-corrected chi connectivity index (χ4v) is 2.87. The average molecular weight is 270 g/mol. The number of rotatable bonds is 7. The minimum absolute atomic E-state index is 0.125. The molecule has 1 aliphatic rings. The number of amides is 1. The van der Waals surface area contributed by atoms with Crippen molar-refractivity contribution in [3.8, 4) is 0 Å². The van der Waals surface area contributed by atoms with Crippen LogP contribution in [0, 0.1) is 17.8 Å². The van der Waals surface area contributed by atoms with Crippen LogP contribution in [0.15, 0.2) is 0 Å². The van der Waals surface area contributed by atoms with Gasteiger partial charge in [0.05, 0.1) is 6.10 Å². The highest BCUT2D eigenvalue weighted by Gasteiger charge is 2.20. The Kier molecular flexibility index (Phi) is 7.39. The van der Waals surface area contributed by atoms with Crippen LogP contribution in [0.4, 0.5) is 0 Å². The minimum atomic E-state index is -0.125. The summed E-state index contributed by atoms with van der Waals surface area (Å²) in [6.07, 6.45) is 5.23. The fraction of sp³-hybridized carbons (Fsp3) is 0.933. The maximum absolute atomic E-state index is 11.9. The molecule has 0 aromatic rings. The van der Waals surface area contributed by atoms with E-state index >= 15 is 0 Å². The standard InChI is InChI=1S/C15H30N2O2/c1-11(2)7-13(9-16)8-15(19)17-10-12-3-5-14(18)6-4-12/h11-14,18H,3-10,16H2,1-2H3,(H,17,19)/t12?,13-,14?/m0/s1. The molecule has 0 spiro atoms. The first-order chi connectivity index (χ1) is 9.01. The van der Waals surface area contributed by atoms with Crippen LogP contribution in [-0.2, 0) is 4.79 Å². The molecule has 1 rings (SSSR count). The lowest BCUT2D eigenvalue weighted by atomic mass is 9.87. The van der Waals surface area contributed by atoms with E-state index in [0.29, 0.717) is 30.7 Å². The Balaban J connectivity index is 2.19. The highest BCUT2D eigenvalue weighted by Crippen LogP contribution is 2.23.